The molecule has 3 rings (SSSR count). The smallest absolute Gasteiger partial charge is 0.434 e. The molecule has 17 heteroatoms. The molecule has 0 radical (unpaired) electrons. The van der Waals surface area contributed by atoms with E-state index in [4.69, 9.17) is 20.1 Å². The summed E-state index contributed by atoms with van der Waals surface area (Å²) in [6.45, 7) is 12.4. The number of hydrogen-bond acceptors (Lipinski definition) is 12. The number of aliphatic hydroxyl groups is 1. The second kappa shape index (κ2) is 16.8. The second-order valence-corrected chi connectivity index (χ2v) is 12.3. The van der Waals surface area contributed by atoms with Crippen LogP contribution in [0.15, 0.2) is 41.2 Å². The maximum absolute atomic E-state index is 13.4. The summed E-state index contributed by atoms with van der Waals surface area (Å²) in [6, 6.07) is 2.59. The Morgan fingerprint density at radius 3 is 2.53 bits per heavy atom. The maximum atomic E-state index is 13.4. The summed E-state index contributed by atoms with van der Waals surface area (Å²) in [5, 5.41) is 22.6. The molecule has 3 aromatic heterocycles. The van der Waals surface area contributed by atoms with Gasteiger partial charge in [-0.25, -0.2) is 14.8 Å². The van der Waals surface area contributed by atoms with E-state index >= 15 is 0 Å². The third kappa shape index (κ3) is 11.7. The van der Waals surface area contributed by atoms with E-state index in [1.807, 2.05) is 34.6 Å². The lowest BCUT2D eigenvalue weighted by molar-refractivity contribution is -0.182. The van der Waals surface area contributed by atoms with Crippen LogP contribution < -0.4 is 21.8 Å². The van der Waals surface area contributed by atoms with Gasteiger partial charge in [0.2, 0.25) is 12.3 Å². The highest BCUT2D eigenvalue weighted by atomic mass is 32.1. The molecule has 0 spiro atoms. The summed E-state index contributed by atoms with van der Waals surface area (Å²) in [7, 11) is 0. The number of pyridine rings is 2. The molecule has 3 heterocycles. The largest absolute Gasteiger partial charge is 0.473 e. The van der Waals surface area contributed by atoms with Crippen molar-refractivity contribution in [2.24, 2.45) is 16.9 Å². The van der Waals surface area contributed by atoms with E-state index in [9.17, 15) is 23.1 Å². The number of rotatable bonds is 14. The quantitative estimate of drug-likeness (QED) is 0.0397. The Hall–Kier alpha value is -3.90. The van der Waals surface area contributed by atoms with Gasteiger partial charge in [-0.15, -0.1) is 16.4 Å². The van der Waals surface area contributed by atoms with E-state index in [1.165, 1.54) is 24.7 Å². The highest BCUT2D eigenvalue weighted by Gasteiger charge is 2.34. The van der Waals surface area contributed by atoms with Gasteiger partial charge < -0.3 is 30.5 Å². The summed E-state index contributed by atoms with van der Waals surface area (Å²) >= 11 is 0.805. The minimum absolute atomic E-state index is 0.0666. The highest BCUT2D eigenvalue weighted by Crippen LogP contribution is 2.38. The molecule has 3 unspecified atom stereocenters. The minimum atomic E-state index is -4.63. The van der Waals surface area contributed by atoms with Crippen LogP contribution in [-0.4, -0.2) is 76.4 Å². The number of thiazole rings is 1. The number of aliphatic hydroxyl groups excluding tert-OH is 1. The number of halogens is 3. The Balaban J connectivity index is 1.76. The molecule has 2 amide bonds. The fraction of sp³-hybridized carbons (Fsp3) is 0.500. The number of carbonyl (C=O) groups excluding carboxylic acids is 1. The molecule has 0 aromatic carbocycles. The van der Waals surface area contributed by atoms with Crippen LogP contribution in [0.4, 0.5) is 23.8 Å². The molecule has 3 atom stereocenters. The topological polar surface area (TPSA) is 178 Å². The van der Waals surface area contributed by atoms with Crippen LogP contribution in [0.5, 0.6) is 0 Å². The van der Waals surface area contributed by atoms with E-state index in [0.29, 0.717) is 48.6 Å². The zero-order valence-electron chi connectivity index (χ0n) is 27.0. The van der Waals surface area contributed by atoms with Crippen molar-refractivity contribution in [3.05, 3.63) is 47.4 Å². The van der Waals surface area contributed by atoms with Gasteiger partial charge in [0.1, 0.15) is 16.9 Å². The molecule has 0 fully saturated rings. The molecule has 0 saturated heterocycles. The van der Waals surface area contributed by atoms with Crippen LogP contribution in [0.3, 0.4) is 0 Å². The molecule has 0 aliphatic carbocycles. The first-order valence-corrected chi connectivity index (χ1v) is 15.6. The van der Waals surface area contributed by atoms with Crippen molar-refractivity contribution in [2.45, 2.75) is 65.8 Å². The van der Waals surface area contributed by atoms with Crippen molar-refractivity contribution in [1.29, 1.82) is 0 Å². The van der Waals surface area contributed by atoms with E-state index < -0.39 is 36.0 Å². The lowest BCUT2D eigenvalue weighted by Gasteiger charge is -2.25. The Morgan fingerprint density at radius 2 is 1.89 bits per heavy atom. The Bertz CT molecular complexity index is 1500. The zero-order chi connectivity index (χ0) is 34.8. The molecule has 0 aliphatic heterocycles. The number of anilines is 1. The number of alkyl halides is 3. The number of hydrogen-bond donors (Lipinski definition) is 5. The highest BCUT2D eigenvalue weighted by molar-refractivity contribution is 7.13. The maximum Gasteiger partial charge on any atom is 0.434 e. The number of amides is 2. The zero-order valence-corrected chi connectivity index (χ0v) is 27.8. The average molecular weight is 683 g/mol. The van der Waals surface area contributed by atoms with Crippen molar-refractivity contribution < 1.29 is 37.3 Å². The van der Waals surface area contributed by atoms with Crippen LogP contribution in [-0.2, 0) is 20.4 Å². The number of hydrazone groups is 1. The monoisotopic (exact) mass is 682 g/mol. The van der Waals surface area contributed by atoms with Crippen LogP contribution >= 0.6 is 11.3 Å². The lowest BCUT2D eigenvalue weighted by atomic mass is 10.0. The van der Waals surface area contributed by atoms with E-state index in [-0.39, 0.29) is 22.6 Å². The molecular formula is C30H41F3N8O5S. The Kier molecular flexibility index (Phi) is 13.4. The first-order chi connectivity index (χ1) is 22.1. The summed E-state index contributed by atoms with van der Waals surface area (Å²) in [5.74, 6) is 5.80. The van der Waals surface area contributed by atoms with Crippen LogP contribution in [0.2, 0.25) is 0 Å². The number of nitrogens with zero attached hydrogens (tertiary/aromatic N) is 4. The first-order valence-electron chi connectivity index (χ1n) is 14.8. The average Bonchev–Trinajstić information content (AvgIpc) is 3.50. The molecular weight excluding hydrogens is 641 g/mol. The number of urea groups is 1. The van der Waals surface area contributed by atoms with Crippen LogP contribution in [0.1, 0.15) is 52.8 Å². The third-order valence-electron chi connectivity index (χ3n) is 6.43. The van der Waals surface area contributed by atoms with Crippen molar-refractivity contribution >= 4 is 29.1 Å². The van der Waals surface area contributed by atoms with E-state index in [2.05, 4.69) is 36.0 Å². The molecule has 6 N–H and O–H groups in total. The predicted octanol–water partition coefficient (Wildman–Crippen LogP) is 4.79. The van der Waals surface area contributed by atoms with Crippen LogP contribution in [0.25, 0.3) is 21.7 Å². The number of ether oxygens (including phenoxy) is 3. The van der Waals surface area contributed by atoms with Crippen molar-refractivity contribution in [2.75, 3.05) is 31.6 Å². The number of nitrogens with one attached hydrogen (secondary N) is 3. The summed E-state index contributed by atoms with van der Waals surface area (Å²) in [4.78, 5) is 24.5. The molecule has 47 heavy (non-hydrogen) atoms. The Labute approximate surface area is 275 Å². The number of nitrogens with two attached hydrogens (primary N) is 1. The molecule has 0 saturated carbocycles. The molecule has 3 aromatic rings. The minimum Gasteiger partial charge on any atom is -0.473 e. The molecule has 0 aliphatic rings. The van der Waals surface area contributed by atoms with E-state index in [0.717, 1.165) is 16.7 Å². The fourth-order valence-electron chi connectivity index (χ4n) is 3.98. The number of aromatic nitrogens is 3. The number of carbonyl (C=O) groups is 1. The van der Waals surface area contributed by atoms with E-state index in [1.54, 1.807) is 13.0 Å². The van der Waals surface area contributed by atoms with Crippen molar-refractivity contribution in [1.82, 2.24) is 25.6 Å². The Morgan fingerprint density at radius 1 is 1.15 bits per heavy atom. The van der Waals surface area contributed by atoms with Gasteiger partial charge in [0.05, 0.1) is 24.4 Å². The predicted molar refractivity (Wildman–Crippen MR) is 172 cm³/mol. The normalized spacial score (nSPS) is 14.4. The van der Waals surface area contributed by atoms with Gasteiger partial charge in [-0.05, 0) is 46.8 Å². The molecule has 13 nitrogen and oxygen atoms in total. The summed E-state index contributed by atoms with van der Waals surface area (Å²) in [6.07, 6.45) is -1.73. The summed E-state index contributed by atoms with van der Waals surface area (Å²) in [5.41, 5.74) is 0.0468. The van der Waals surface area contributed by atoms with Gasteiger partial charge in [-0.3, -0.25) is 15.6 Å². The molecule has 258 valence electrons. The summed E-state index contributed by atoms with van der Waals surface area (Å²) < 4.78 is 57.3. The fourth-order valence-corrected chi connectivity index (χ4v) is 4.84. The second-order valence-electron chi connectivity index (χ2n) is 11.4. The lowest BCUT2D eigenvalue weighted by Crippen LogP contribution is -2.39. The standard InChI is InChI=1S/C30H41F3N8O5S/c1-7-36-27(42)40-24-11-21(26-39-23(16-47-26)30(31,32)33)22(14-38-24)19-10-20(13-35-12-19)25(41-34)45-18(3)17(2)15-44-9-8-37-28(43)46-29(4,5)6/h10-14,16-18,28,37,43H,7-9,15,34H2,1-6H3,(H2,36,38,40,42)/b41-25-. The SMILES string of the molecule is CCNC(=O)Nc1cc(-c2nc(C(F)(F)F)cs2)c(-c2cncc(/C(=N/N)OC(C)C(C)COCCNC(O)OC(C)(C)C)c2)cn1. The van der Waals surface area contributed by atoms with Gasteiger partial charge in [0.25, 0.3) is 0 Å². The van der Waals surface area contributed by atoms with Gasteiger partial charge >= 0.3 is 12.2 Å². The van der Waals surface area contributed by atoms with Crippen molar-refractivity contribution in [3.8, 4) is 21.7 Å². The first kappa shape index (κ1) is 37.6. The van der Waals surface area contributed by atoms with Gasteiger partial charge in [-0.1, -0.05) is 6.92 Å². The van der Waals surface area contributed by atoms with Gasteiger partial charge in [0, 0.05) is 59.7 Å². The molecule has 0 bridgehead atoms. The third-order valence-corrected chi connectivity index (χ3v) is 7.31. The van der Waals surface area contributed by atoms with Gasteiger partial charge in [-0.2, -0.15) is 13.2 Å². The van der Waals surface area contributed by atoms with Crippen LogP contribution in [0, 0.1) is 5.92 Å². The van der Waals surface area contributed by atoms with Gasteiger partial charge in [0.15, 0.2) is 5.69 Å². The van der Waals surface area contributed by atoms with Crippen molar-refractivity contribution in [3.63, 3.8) is 0 Å².